The van der Waals surface area contributed by atoms with Gasteiger partial charge in [-0.25, -0.2) is 0 Å². The van der Waals surface area contributed by atoms with Gasteiger partial charge in [0.25, 0.3) is 0 Å². The fraction of sp³-hybridized carbons (Fsp3) is 0.538. The van der Waals surface area contributed by atoms with Crippen LogP contribution < -0.4 is 10.1 Å². The molecule has 0 saturated carbocycles. The quantitative estimate of drug-likeness (QED) is 0.685. The third-order valence-corrected chi connectivity index (χ3v) is 2.23. The van der Waals surface area contributed by atoms with Crippen molar-refractivity contribution in [1.29, 1.82) is 0 Å². The highest BCUT2D eigenvalue weighted by Gasteiger charge is 1.96. The Kier molecular flexibility index (Phi) is 6.61. The third kappa shape index (κ3) is 5.14. The molecule has 0 aliphatic rings. The van der Waals surface area contributed by atoms with Gasteiger partial charge in [-0.2, -0.15) is 0 Å². The molecule has 0 heterocycles. The van der Waals surface area contributed by atoms with Crippen LogP contribution >= 0.6 is 0 Å². The van der Waals surface area contributed by atoms with Crippen LogP contribution in [0.1, 0.15) is 18.9 Å². The van der Waals surface area contributed by atoms with Gasteiger partial charge in [0.05, 0.1) is 13.2 Å². The number of ether oxygens (including phenoxy) is 2. The Morgan fingerprint density at radius 2 is 2.19 bits per heavy atom. The molecule has 0 unspecified atom stereocenters. The van der Waals surface area contributed by atoms with Crippen molar-refractivity contribution >= 4 is 0 Å². The van der Waals surface area contributed by atoms with Crippen molar-refractivity contribution in [2.24, 2.45) is 0 Å². The Hall–Kier alpha value is -1.06. The van der Waals surface area contributed by atoms with Gasteiger partial charge in [-0.1, -0.05) is 19.1 Å². The zero-order valence-corrected chi connectivity index (χ0v) is 10.2. The Bertz CT molecular complexity index is 289. The van der Waals surface area contributed by atoms with Gasteiger partial charge in [0.2, 0.25) is 0 Å². The molecule has 1 aromatic carbocycles. The van der Waals surface area contributed by atoms with Crippen LogP contribution in [-0.4, -0.2) is 26.8 Å². The molecule has 0 aromatic heterocycles. The summed E-state index contributed by atoms with van der Waals surface area (Å²) in [7, 11) is 1.70. The lowest BCUT2D eigenvalue weighted by Gasteiger charge is -2.07. The van der Waals surface area contributed by atoms with E-state index in [2.05, 4.69) is 12.2 Å². The van der Waals surface area contributed by atoms with E-state index in [0.29, 0.717) is 6.61 Å². The van der Waals surface area contributed by atoms with Crippen molar-refractivity contribution in [3.8, 4) is 5.75 Å². The first-order valence-corrected chi connectivity index (χ1v) is 5.78. The maximum absolute atomic E-state index is 5.64. The van der Waals surface area contributed by atoms with Crippen molar-refractivity contribution in [1.82, 2.24) is 5.32 Å². The summed E-state index contributed by atoms with van der Waals surface area (Å²) in [4.78, 5) is 0. The smallest absolute Gasteiger partial charge is 0.119 e. The van der Waals surface area contributed by atoms with Gasteiger partial charge < -0.3 is 14.8 Å². The number of benzene rings is 1. The highest BCUT2D eigenvalue weighted by molar-refractivity contribution is 5.28. The van der Waals surface area contributed by atoms with Gasteiger partial charge in [-0.05, 0) is 37.2 Å². The zero-order valence-electron chi connectivity index (χ0n) is 10.2. The lowest BCUT2D eigenvalue weighted by atomic mass is 10.2. The summed E-state index contributed by atoms with van der Waals surface area (Å²) in [6, 6.07) is 8.03. The first-order chi connectivity index (χ1) is 7.86. The van der Waals surface area contributed by atoms with Crippen molar-refractivity contribution in [2.45, 2.75) is 20.0 Å². The maximum Gasteiger partial charge on any atom is 0.119 e. The van der Waals surface area contributed by atoms with E-state index >= 15 is 0 Å². The van der Waals surface area contributed by atoms with Crippen LogP contribution in [0.3, 0.4) is 0 Å². The van der Waals surface area contributed by atoms with Crippen LogP contribution in [-0.2, 0) is 11.3 Å². The molecule has 0 aliphatic heterocycles. The second kappa shape index (κ2) is 8.13. The highest BCUT2D eigenvalue weighted by Crippen LogP contribution is 2.13. The Labute approximate surface area is 97.8 Å². The van der Waals surface area contributed by atoms with Gasteiger partial charge in [0.1, 0.15) is 5.75 Å². The molecular formula is C13H21NO2. The van der Waals surface area contributed by atoms with E-state index in [1.807, 2.05) is 24.3 Å². The molecule has 1 N–H and O–H groups in total. The number of nitrogens with one attached hydrogen (secondary N) is 1. The molecule has 0 aliphatic carbocycles. The van der Waals surface area contributed by atoms with E-state index in [1.54, 1.807) is 7.11 Å². The topological polar surface area (TPSA) is 30.5 Å². The SMILES string of the molecule is CCNCCCOc1cccc(COC)c1. The van der Waals surface area contributed by atoms with Crippen LogP contribution in [0.25, 0.3) is 0 Å². The standard InChI is InChI=1S/C13H21NO2/c1-3-14-8-5-9-16-13-7-4-6-12(10-13)11-15-2/h4,6-7,10,14H,3,5,8-9,11H2,1-2H3. The number of hydrogen-bond acceptors (Lipinski definition) is 3. The molecule has 0 spiro atoms. The Balaban J connectivity index is 2.27. The first-order valence-electron chi connectivity index (χ1n) is 5.78. The summed E-state index contributed by atoms with van der Waals surface area (Å²) in [6.45, 7) is 5.52. The molecule has 0 bridgehead atoms. The molecule has 16 heavy (non-hydrogen) atoms. The fourth-order valence-corrected chi connectivity index (χ4v) is 1.46. The third-order valence-electron chi connectivity index (χ3n) is 2.23. The highest BCUT2D eigenvalue weighted by atomic mass is 16.5. The van der Waals surface area contributed by atoms with Crippen LogP contribution in [0.5, 0.6) is 5.75 Å². The normalized spacial score (nSPS) is 10.4. The minimum atomic E-state index is 0.634. The molecule has 0 saturated heterocycles. The summed E-state index contributed by atoms with van der Waals surface area (Å²) >= 11 is 0. The molecular weight excluding hydrogens is 202 g/mol. The van der Waals surface area contributed by atoms with Gasteiger partial charge in [-0.3, -0.25) is 0 Å². The van der Waals surface area contributed by atoms with Crippen LogP contribution in [0.15, 0.2) is 24.3 Å². The predicted molar refractivity (Wildman–Crippen MR) is 65.8 cm³/mol. The van der Waals surface area contributed by atoms with Gasteiger partial charge in [0, 0.05) is 7.11 Å². The molecule has 3 nitrogen and oxygen atoms in total. The summed E-state index contributed by atoms with van der Waals surface area (Å²) < 4.78 is 10.7. The van der Waals surface area contributed by atoms with E-state index < -0.39 is 0 Å². The molecule has 1 aromatic rings. The van der Waals surface area contributed by atoms with E-state index in [1.165, 1.54) is 0 Å². The second-order valence-corrected chi connectivity index (χ2v) is 3.64. The summed E-state index contributed by atoms with van der Waals surface area (Å²) in [5.74, 6) is 0.922. The van der Waals surface area contributed by atoms with Crippen molar-refractivity contribution in [2.75, 3.05) is 26.8 Å². The van der Waals surface area contributed by atoms with Crippen molar-refractivity contribution in [3.05, 3.63) is 29.8 Å². The zero-order chi connectivity index (χ0) is 11.6. The van der Waals surface area contributed by atoms with Crippen molar-refractivity contribution < 1.29 is 9.47 Å². The molecule has 0 amide bonds. The van der Waals surface area contributed by atoms with Gasteiger partial charge in [0.15, 0.2) is 0 Å². The van der Waals surface area contributed by atoms with E-state index in [-0.39, 0.29) is 0 Å². The monoisotopic (exact) mass is 223 g/mol. The molecule has 3 heteroatoms. The Morgan fingerprint density at radius 3 is 2.94 bits per heavy atom. The molecule has 0 fully saturated rings. The number of methoxy groups -OCH3 is 1. The number of rotatable bonds is 8. The fourth-order valence-electron chi connectivity index (χ4n) is 1.46. The lowest BCUT2D eigenvalue weighted by molar-refractivity contribution is 0.184. The number of hydrogen-bond donors (Lipinski definition) is 1. The van der Waals surface area contributed by atoms with E-state index in [0.717, 1.165) is 37.4 Å². The predicted octanol–water partition coefficient (Wildman–Crippen LogP) is 2.21. The maximum atomic E-state index is 5.64. The molecule has 90 valence electrons. The minimum Gasteiger partial charge on any atom is -0.494 e. The molecule has 0 atom stereocenters. The largest absolute Gasteiger partial charge is 0.494 e. The van der Waals surface area contributed by atoms with Crippen molar-refractivity contribution in [3.63, 3.8) is 0 Å². The van der Waals surface area contributed by atoms with Crippen LogP contribution in [0.2, 0.25) is 0 Å². The van der Waals surface area contributed by atoms with Crippen LogP contribution in [0.4, 0.5) is 0 Å². The lowest BCUT2D eigenvalue weighted by Crippen LogP contribution is -2.16. The summed E-state index contributed by atoms with van der Waals surface area (Å²) in [5.41, 5.74) is 1.15. The van der Waals surface area contributed by atoms with Gasteiger partial charge in [-0.15, -0.1) is 0 Å². The average molecular weight is 223 g/mol. The average Bonchev–Trinajstić information content (AvgIpc) is 2.30. The summed E-state index contributed by atoms with van der Waals surface area (Å²) in [5, 5.41) is 3.27. The minimum absolute atomic E-state index is 0.634. The van der Waals surface area contributed by atoms with E-state index in [9.17, 15) is 0 Å². The summed E-state index contributed by atoms with van der Waals surface area (Å²) in [6.07, 6.45) is 1.03. The molecule has 0 radical (unpaired) electrons. The second-order valence-electron chi connectivity index (χ2n) is 3.64. The van der Waals surface area contributed by atoms with Gasteiger partial charge >= 0.3 is 0 Å². The van der Waals surface area contributed by atoms with E-state index in [4.69, 9.17) is 9.47 Å². The first kappa shape index (κ1) is 13.0. The Morgan fingerprint density at radius 1 is 1.31 bits per heavy atom. The molecule has 1 rings (SSSR count). The van der Waals surface area contributed by atoms with Crippen LogP contribution in [0, 0.1) is 0 Å².